The molecule has 1 aliphatic heterocycles. The fourth-order valence-corrected chi connectivity index (χ4v) is 2.69. The molecule has 0 amide bonds. The van der Waals surface area contributed by atoms with Gasteiger partial charge in [0.1, 0.15) is 0 Å². The van der Waals surface area contributed by atoms with Crippen molar-refractivity contribution in [3.63, 3.8) is 0 Å². The Morgan fingerprint density at radius 3 is 2.00 bits per heavy atom. The van der Waals surface area contributed by atoms with Crippen molar-refractivity contribution in [3.05, 3.63) is 0 Å². The van der Waals surface area contributed by atoms with Gasteiger partial charge in [-0.1, -0.05) is 78.1 Å². The Kier molecular flexibility index (Phi) is 10.6. The first-order valence-electron chi connectivity index (χ1n) is 9.11. The van der Waals surface area contributed by atoms with Crippen molar-refractivity contribution in [2.24, 2.45) is 0 Å². The zero-order valence-corrected chi connectivity index (χ0v) is 14.1. The first-order chi connectivity index (χ1) is 10.3. The number of hydrogen-bond donors (Lipinski definition) is 0. The molecule has 0 bridgehead atoms. The molecule has 0 spiro atoms. The lowest BCUT2D eigenvalue weighted by molar-refractivity contribution is -0.145. The van der Waals surface area contributed by atoms with E-state index in [2.05, 4.69) is 6.92 Å². The standard InChI is InChI=1S/C18H34O3/c1-3-5-6-7-8-9-10-11-12-13-14-16-17(21-16)18(19)20-15-4-2/h16-17H,3-15H2,1-2H3. The van der Waals surface area contributed by atoms with Gasteiger partial charge in [-0.3, -0.25) is 0 Å². The molecular formula is C18H34O3. The van der Waals surface area contributed by atoms with Crippen molar-refractivity contribution in [1.29, 1.82) is 0 Å². The van der Waals surface area contributed by atoms with E-state index in [9.17, 15) is 4.79 Å². The summed E-state index contributed by atoms with van der Waals surface area (Å²) in [6.45, 7) is 4.78. The maximum absolute atomic E-state index is 11.5. The van der Waals surface area contributed by atoms with E-state index in [1.807, 2.05) is 6.92 Å². The Morgan fingerprint density at radius 1 is 0.857 bits per heavy atom. The van der Waals surface area contributed by atoms with E-state index in [-0.39, 0.29) is 18.2 Å². The predicted molar refractivity (Wildman–Crippen MR) is 86.4 cm³/mol. The van der Waals surface area contributed by atoms with Crippen molar-refractivity contribution < 1.29 is 14.3 Å². The third-order valence-electron chi connectivity index (χ3n) is 4.11. The van der Waals surface area contributed by atoms with E-state index >= 15 is 0 Å². The number of ether oxygens (including phenoxy) is 2. The van der Waals surface area contributed by atoms with E-state index in [4.69, 9.17) is 9.47 Å². The van der Waals surface area contributed by atoms with Crippen LogP contribution in [0.5, 0.6) is 0 Å². The Morgan fingerprint density at radius 2 is 1.43 bits per heavy atom. The summed E-state index contributed by atoms with van der Waals surface area (Å²) < 4.78 is 10.5. The summed E-state index contributed by atoms with van der Waals surface area (Å²) in [4.78, 5) is 11.5. The van der Waals surface area contributed by atoms with Crippen LogP contribution in [0.4, 0.5) is 0 Å². The highest BCUT2D eigenvalue weighted by Gasteiger charge is 2.45. The second-order valence-corrected chi connectivity index (χ2v) is 6.23. The average molecular weight is 298 g/mol. The van der Waals surface area contributed by atoms with E-state index in [0.717, 1.165) is 12.8 Å². The van der Waals surface area contributed by atoms with Crippen LogP contribution in [0.3, 0.4) is 0 Å². The molecule has 1 saturated heterocycles. The van der Waals surface area contributed by atoms with Crippen LogP contribution in [0.15, 0.2) is 0 Å². The summed E-state index contributed by atoms with van der Waals surface area (Å²) in [5.74, 6) is -0.158. The summed E-state index contributed by atoms with van der Waals surface area (Å²) in [5, 5.41) is 0. The van der Waals surface area contributed by atoms with Gasteiger partial charge in [-0.05, 0) is 12.8 Å². The number of esters is 1. The fraction of sp³-hybridized carbons (Fsp3) is 0.944. The van der Waals surface area contributed by atoms with Crippen molar-refractivity contribution in [2.45, 2.75) is 103 Å². The lowest BCUT2D eigenvalue weighted by Crippen LogP contribution is -2.14. The molecule has 0 aromatic carbocycles. The third-order valence-corrected chi connectivity index (χ3v) is 4.11. The minimum Gasteiger partial charge on any atom is -0.464 e. The number of rotatable bonds is 14. The first kappa shape index (κ1) is 18.5. The Hall–Kier alpha value is -0.570. The van der Waals surface area contributed by atoms with Gasteiger partial charge in [-0.15, -0.1) is 0 Å². The van der Waals surface area contributed by atoms with Crippen LogP contribution in [0.2, 0.25) is 0 Å². The second-order valence-electron chi connectivity index (χ2n) is 6.23. The van der Waals surface area contributed by atoms with Gasteiger partial charge < -0.3 is 9.47 Å². The van der Waals surface area contributed by atoms with E-state index in [1.165, 1.54) is 64.2 Å². The molecule has 0 radical (unpaired) electrons. The van der Waals surface area contributed by atoms with Crippen molar-refractivity contribution >= 4 is 5.97 Å². The lowest BCUT2D eigenvalue weighted by Gasteiger charge is -2.02. The van der Waals surface area contributed by atoms with Gasteiger partial charge in [0.15, 0.2) is 6.10 Å². The number of carbonyl (C=O) groups is 1. The number of epoxide rings is 1. The lowest BCUT2D eigenvalue weighted by atomic mass is 10.0. The molecule has 1 rings (SSSR count). The van der Waals surface area contributed by atoms with Crippen LogP contribution in [-0.4, -0.2) is 24.8 Å². The normalized spacial score (nSPS) is 20.5. The van der Waals surface area contributed by atoms with E-state index in [0.29, 0.717) is 6.61 Å². The third kappa shape index (κ3) is 9.13. The summed E-state index contributed by atoms with van der Waals surface area (Å²) in [6.07, 6.45) is 15.2. The Balaban J connectivity index is 1.80. The van der Waals surface area contributed by atoms with Gasteiger partial charge in [0.05, 0.1) is 12.7 Å². The zero-order valence-electron chi connectivity index (χ0n) is 14.1. The summed E-state index contributed by atoms with van der Waals surface area (Å²) >= 11 is 0. The molecule has 2 atom stereocenters. The molecule has 21 heavy (non-hydrogen) atoms. The maximum atomic E-state index is 11.5. The Labute approximate surface area is 130 Å². The molecular weight excluding hydrogens is 264 g/mol. The van der Waals surface area contributed by atoms with E-state index < -0.39 is 0 Å². The van der Waals surface area contributed by atoms with Crippen molar-refractivity contribution in [1.82, 2.24) is 0 Å². The molecule has 0 aromatic rings. The van der Waals surface area contributed by atoms with Crippen LogP contribution < -0.4 is 0 Å². The highest BCUT2D eigenvalue weighted by atomic mass is 16.6. The summed E-state index contributed by atoms with van der Waals surface area (Å²) in [6, 6.07) is 0. The van der Waals surface area contributed by atoms with Gasteiger partial charge in [0, 0.05) is 0 Å². The summed E-state index contributed by atoms with van der Waals surface area (Å²) in [7, 11) is 0. The maximum Gasteiger partial charge on any atom is 0.338 e. The molecule has 2 unspecified atom stereocenters. The highest BCUT2D eigenvalue weighted by molar-refractivity contribution is 5.77. The topological polar surface area (TPSA) is 38.8 Å². The number of hydrogen-bond acceptors (Lipinski definition) is 3. The summed E-state index contributed by atoms with van der Waals surface area (Å²) in [5.41, 5.74) is 0. The van der Waals surface area contributed by atoms with Gasteiger partial charge in [0.2, 0.25) is 0 Å². The molecule has 1 aliphatic rings. The van der Waals surface area contributed by atoms with Crippen molar-refractivity contribution in [2.75, 3.05) is 6.61 Å². The molecule has 0 aromatic heterocycles. The van der Waals surface area contributed by atoms with Crippen LogP contribution >= 0.6 is 0 Å². The predicted octanol–water partition coefficient (Wildman–Crippen LogP) is 5.02. The second kappa shape index (κ2) is 12.0. The minimum absolute atomic E-state index is 0.142. The van der Waals surface area contributed by atoms with Gasteiger partial charge in [0.25, 0.3) is 0 Å². The van der Waals surface area contributed by atoms with Crippen molar-refractivity contribution in [3.8, 4) is 0 Å². The molecule has 0 saturated carbocycles. The first-order valence-corrected chi connectivity index (χ1v) is 9.11. The van der Waals surface area contributed by atoms with Crippen LogP contribution in [-0.2, 0) is 14.3 Å². The molecule has 3 heteroatoms. The van der Waals surface area contributed by atoms with Gasteiger partial charge >= 0.3 is 5.97 Å². The molecule has 0 N–H and O–H groups in total. The fourth-order valence-electron chi connectivity index (χ4n) is 2.69. The minimum atomic E-state index is -0.255. The zero-order chi connectivity index (χ0) is 15.3. The largest absolute Gasteiger partial charge is 0.464 e. The Bertz CT molecular complexity index is 265. The molecule has 1 heterocycles. The monoisotopic (exact) mass is 298 g/mol. The molecule has 0 aliphatic carbocycles. The van der Waals surface area contributed by atoms with Gasteiger partial charge in [-0.2, -0.15) is 0 Å². The average Bonchev–Trinajstić information content (AvgIpc) is 3.26. The molecule has 124 valence electrons. The van der Waals surface area contributed by atoms with Crippen LogP contribution in [0, 0.1) is 0 Å². The molecule has 3 nitrogen and oxygen atoms in total. The molecule has 1 fully saturated rings. The smallest absolute Gasteiger partial charge is 0.338 e. The van der Waals surface area contributed by atoms with Crippen LogP contribution in [0.25, 0.3) is 0 Å². The van der Waals surface area contributed by atoms with Gasteiger partial charge in [-0.25, -0.2) is 4.79 Å². The SMILES string of the molecule is CCCCCCCCCCCCC1OC1C(=O)OCCC. The number of unbranched alkanes of at least 4 members (excludes halogenated alkanes) is 9. The van der Waals surface area contributed by atoms with E-state index in [1.54, 1.807) is 0 Å². The number of carbonyl (C=O) groups excluding carboxylic acids is 1. The quantitative estimate of drug-likeness (QED) is 0.257. The van der Waals surface area contributed by atoms with Crippen LogP contribution in [0.1, 0.15) is 90.9 Å². The highest BCUT2D eigenvalue weighted by Crippen LogP contribution is 2.28.